The highest BCUT2D eigenvalue weighted by Gasteiger charge is 2.23. The van der Waals surface area contributed by atoms with Crippen molar-refractivity contribution in [1.29, 1.82) is 0 Å². The Morgan fingerprint density at radius 3 is 2.96 bits per heavy atom. The van der Waals surface area contributed by atoms with Gasteiger partial charge in [-0.15, -0.1) is 11.3 Å². The predicted molar refractivity (Wildman–Crippen MR) is 109 cm³/mol. The van der Waals surface area contributed by atoms with Crippen LogP contribution in [0.15, 0.2) is 24.3 Å². The molecule has 0 fully saturated rings. The predicted octanol–water partition coefficient (Wildman–Crippen LogP) is 5.09. The van der Waals surface area contributed by atoms with Crippen molar-refractivity contribution in [2.24, 2.45) is 5.92 Å². The van der Waals surface area contributed by atoms with Gasteiger partial charge in [-0.1, -0.05) is 19.4 Å². The Morgan fingerprint density at radius 1 is 1.41 bits per heavy atom. The summed E-state index contributed by atoms with van der Waals surface area (Å²) in [5.41, 5.74) is 10.1. The molecule has 1 atom stereocenters. The molecule has 0 spiro atoms. The number of hydrogen-bond acceptors (Lipinski definition) is 4. The molecule has 1 aromatic carbocycles. The number of nitrogens with zero attached hydrogens (tertiary/aromatic N) is 1. The molecule has 27 heavy (non-hydrogen) atoms. The number of nitrogens with two attached hydrogens (primary N) is 1. The fourth-order valence-electron chi connectivity index (χ4n) is 3.64. The molecule has 0 radical (unpaired) electrons. The van der Waals surface area contributed by atoms with Crippen molar-refractivity contribution in [3.8, 4) is 0 Å². The number of hydrogen-bond donors (Lipinski definition) is 2. The minimum Gasteiger partial charge on any atom is -0.397 e. The number of benzene rings is 1. The molecule has 4 nitrogen and oxygen atoms in total. The quantitative estimate of drug-likeness (QED) is 0.662. The van der Waals surface area contributed by atoms with Crippen LogP contribution in [0.25, 0.3) is 10.2 Å². The van der Waals surface area contributed by atoms with Crippen LogP contribution in [0.4, 0.5) is 15.8 Å². The molecule has 3 aromatic rings. The second kappa shape index (κ2) is 6.93. The molecule has 1 amide bonds. The number of carbonyl (C=O) groups excluding carboxylic acids is 1. The lowest BCUT2D eigenvalue weighted by atomic mass is 9.85. The molecule has 2 aromatic heterocycles. The molecular formula is C21H22FN3OS. The van der Waals surface area contributed by atoms with Crippen LogP contribution in [0.2, 0.25) is 0 Å². The highest BCUT2D eigenvalue weighted by Crippen LogP contribution is 2.37. The largest absolute Gasteiger partial charge is 0.397 e. The van der Waals surface area contributed by atoms with Crippen LogP contribution < -0.4 is 11.1 Å². The van der Waals surface area contributed by atoms with Crippen LogP contribution in [0, 0.1) is 18.7 Å². The summed E-state index contributed by atoms with van der Waals surface area (Å²) in [6, 6.07) is 6.74. The third-order valence-electron chi connectivity index (χ3n) is 5.40. The highest BCUT2D eigenvalue weighted by atomic mass is 32.1. The van der Waals surface area contributed by atoms with Gasteiger partial charge in [-0.25, -0.2) is 9.37 Å². The maximum absolute atomic E-state index is 13.7. The van der Waals surface area contributed by atoms with Gasteiger partial charge in [0, 0.05) is 16.8 Å². The Kier molecular flexibility index (Phi) is 4.60. The maximum Gasteiger partial charge on any atom is 0.267 e. The number of aryl methyl sites for hydroxylation is 2. The normalized spacial score (nSPS) is 16.3. The van der Waals surface area contributed by atoms with E-state index in [4.69, 9.17) is 10.7 Å². The van der Waals surface area contributed by atoms with E-state index in [-0.39, 0.29) is 11.7 Å². The van der Waals surface area contributed by atoms with Crippen molar-refractivity contribution in [1.82, 2.24) is 4.98 Å². The zero-order valence-electron chi connectivity index (χ0n) is 15.4. The molecule has 1 aliphatic carbocycles. The Morgan fingerprint density at radius 2 is 2.22 bits per heavy atom. The van der Waals surface area contributed by atoms with Crippen LogP contribution in [-0.2, 0) is 12.8 Å². The second-order valence-corrected chi connectivity index (χ2v) is 8.23. The van der Waals surface area contributed by atoms with E-state index < -0.39 is 0 Å². The molecule has 3 N–H and O–H groups in total. The van der Waals surface area contributed by atoms with Crippen LogP contribution in [0.5, 0.6) is 0 Å². The minimum atomic E-state index is -0.350. The summed E-state index contributed by atoms with van der Waals surface area (Å²) in [5, 5.41) is 3.58. The van der Waals surface area contributed by atoms with Gasteiger partial charge in [-0.2, -0.15) is 0 Å². The zero-order chi connectivity index (χ0) is 19.1. The van der Waals surface area contributed by atoms with E-state index in [0.717, 1.165) is 41.6 Å². The van der Waals surface area contributed by atoms with E-state index in [0.29, 0.717) is 27.7 Å². The lowest BCUT2D eigenvalue weighted by molar-refractivity contribution is 0.103. The Labute approximate surface area is 161 Å². The van der Waals surface area contributed by atoms with Gasteiger partial charge in [-0.3, -0.25) is 4.79 Å². The monoisotopic (exact) mass is 383 g/mol. The molecule has 2 heterocycles. The maximum atomic E-state index is 13.7. The number of carbonyl (C=O) groups is 1. The van der Waals surface area contributed by atoms with Crippen molar-refractivity contribution < 1.29 is 9.18 Å². The van der Waals surface area contributed by atoms with Gasteiger partial charge in [0.1, 0.15) is 15.5 Å². The average Bonchev–Trinajstić information content (AvgIpc) is 2.98. The highest BCUT2D eigenvalue weighted by molar-refractivity contribution is 7.21. The number of amides is 1. The zero-order valence-corrected chi connectivity index (χ0v) is 16.3. The lowest BCUT2D eigenvalue weighted by Crippen LogP contribution is -2.14. The molecule has 0 aliphatic heterocycles. The van der Waals surface area contributed by atoms with Gasteiger partial charge in [0.15, 0.2) is 0 Å². The van der Waals surface area contributed by atoms with Gasteiger partial charge >= 0.3 is 0 Å². The second-order valence-electron chi connectivity index (χ2n) is 7.23. The van der Waals surface area contributed by atoms with E-state index >= 15 is 0 Å². The van der Waals surface area contributed by atoms with Gasteiger partial charge in [-0.05, 0) is 61.4 Å². The first kappa shape index (κ1) is 17.9. The molecule has 0 unspecified atom stereocenters. The fourth-order valence-corrected chi connectivity index (χ4v) is 4.63. The molecule has 0 saturated heterocycles. The van der Waals surface area contributed by atoms with Crippen molar-refractivity contribution in [2.75, 3.05) is 11.1 Å². The van der Waals surface area contributed by atoms with E-state index in [1.807, 2.05) is 0 Å². The molecule has 0 bridgehead atoms. The van der Waals surface area contributed by atoms with Gasteiger partial charge in [0.2, 0.25) is 0 Å². The number of nitrogen functional groups attached to an aromatic ring is 1. The summed E-state index contributed by atoms with van der Waals surface area (Å²) in [4.78, 5) is 18.7. The summed E-state index contributed by atoms with van der Waals surface area (Å²) >= 11 is 1.30. The smallest absolute Gasteiger partial charge is 0.267 e. The fraction of sp³-hybridized carbons (Fsp3) is 0.333. The van der Waals surface area contributed by atoms with Crippen LogP contribution in [-0.4, -0.2) is 10.9 Å². The lowest BCUT2D eigenvalue weighted by Gasteiger charge is -2.22. The summed E-state index contributed by atoms with van der Waals surface area (Å²) in [7, 11) is 0. The number of aromatic nitrogens is 1. The number of fused-ring (bicyclic) bond motifs is 2. The molecule has 140 valence electrons. The standard InChI is InChI=1S/C21H22FN3OS/c1-3-12-5-7-17-13(8-12)9-15-18(23)19(27-21(15)25-17)20(26)24-14-6-4-11(2)16(22)10-14/h4,6,9-10,12H,3,5,7-8,23H2,1-2H3,(H,24,26)/t12-/m1/s1. The summed E-state index contributed by atoms with van der Waals surface area (Å²) in [6.07, 6.45) is 4.33. The summed E-state index contributed by atoms with van der Waals surface area (Å²) < 4.78 is 13.7. The van der Waals surface area contributed by atoms with Gasteiger partial charge in [0.05, 0.1) is 5.69 Å². The van der Waals surface area contributed by atoms with E-state index in [1.54, 1.807) is 19.1 Å². The number of nitrogens with one attached hydrogen (secondary N) is 1. The van der Waals surface area contributed by atoms with E-state index in [1.165, 1.54) is 23.0 Å². The molecule has 0 saturated carbocycles. The third-order valence-corrected chi connectivity index (χ3v) is 6.51. The van der Waals surface area contributed by atoms with Crippen LogP contribution in [0.1, 0.15) is 46.3 Å². The minimum absolute atomic E-state index is 0.330. The van der Waals surface area contributed by atoms with E-state index in [2.05, 4.69) is 18.3 Å². The number of thiophene rings is 1. The molecular weight excluding hydrogens is 361 g/mol. The Bertz CT molecular complexity index is 1040. The van der Waals surface area contributed by atoms with Crippen molar-refractivity contribution in [3.05, 3.63) is 51.8 Å². The first-order valence-electron chi connectivity index (χ1n) is 9.24. The number of rotatable bonds is 3. The third kappa shape index (κ3) is 3.30. The molecule has 1 aliphatic rings. The van der Waals surface area contributed by atoms with Crippen molar-refractivity contribution in [2.45, 2.75) is 39.5 Å². The first-order valence-corrected chi connectivity index (χ1v) is 10.1. The van der Waals surface area contributed by atoms with Gasteiger partial charge in [0.25, 0.3) is 5.91 Å². The summed E-state index contributed by atoms with van der Waals surface area (Å²) in [5.74, 6) is 0.0101. The number of halogens is 1. The van der Waals surface area contributed by atoms with Gasteiger partial charge < -0.3 is 11.1 Å². The number of pyridine rings is 1. The topological polar surface area (TPSA) is 68.0 Å². The Balaban J connectivity index is 1.66. The van der Waals surface area contributed by atoms with Crippen molar-refractivity contribution >= 4 is 38.8 Å². The van der Waals surface area contributed by atoms with Crippen LogP contribution >= 0.6 is 11.3 Å². The van der Waals surface area contributed by atoms with E-state index in [9.17, 15) is 9.18 Å². The summed E-state index contributed by atoms with van der Waals surface area (Å²) in [6.45, 7) is 3.90. The Hall–Kier alpha value is -2.47. The molecule has 6 heteroatoms. The number of anilines is 2. The molecule has 4 rings (SSSR count). The first-order chi connectivity index (χ1) is 13.0. The average molecular weight is 383 g/mol. The van der Waals surface area contributed by atoms with Crippen LogP contribution in [0.3, 0.4) is 0 Å². The van der Waals surface area contributed by atoms with Crippen molar-refractivity contribution in [3.63, 3.8) is 0 Å². The SMILES string of the molecule is CC[C@@H]1CCc2nc3sc(C(=O)Nc4ccc(C)c(F)c4)c(N)c3cc2C1.